The van der Waals surface area contributed by atoms with Crippen molar-refractivity contribution in [3.63, 3.8) is 0 Å². The molecule has 2 amide bonds. The van der Waals surface area contributed by atoms with Crippen LogP contribution < -0.4 is 15.5 Å². The van der Waals surface area contributed by atoms with Crippen molar-refractivity contribution in [3.8, 4) is 0 Å². The summed E-state index contributed by atoms with van der Waals surface area (Å²) >= 11 is 6.44. The summed E-state index contributed by atoms with van der Waals surface area (Å²) in [7, 11) is 1.74. The third-order valence-electron chi connectivity index (χ3n) is 10.3. The van der Waals surface area contributed by atoms with Crippen LogP contribution in [0.5, 0.6) is 0 Å². The van der Waals surface area contributed by atoms with Crippen LogP contribution in [0, 0.1) is 6.20 Å². The second-order valence-corrected chi connectivity index (χ2v) is 16.9. The maximum absolute atomic E-state index is 13.4. The molecule has 307 valence electrons. The van der Waals surface area contributed by atoms with Crippen molar-refractivity contribution in [2.45, 2.75) is 127 Å². The minimum atomic E-state index is -1.56. The van der Waals surface area contributed by atoms with E-state index in [2.05, 4.69) is 41.8 Å². The molecule has 0 bridgehead atoms. The third kappa shape index (κ3) is 8.69. The summed E-state index contributed by atoms with van der Waals surface area (Å²) in [5.74, 6) is 0.764. The monoisotopic (exact) mass is 888 g/mol. The van der Waals surface area contributed by atoms with E-state index in [4.69, 9.17) is 26.1 Å². The van der Waals surface area contributed by atoms with E-state index < -0.39 is 65.9 Å². The zero-order valence-corrected chi connectivity index (χ0v) is 36.3. The number of nitrogens with zero attached hydrogens (tertiary/aromatic N) is 10. The van der Waals surface area contributed by atoms with Crippen molar-refractivity contribution < 1.29 is 72.2 Å². The number of fused-ring (bicyclic) bond motifs is 2. The smallest absolute Gasteiger partial charge is 0.420 e. The number of amides is 2. The van der Waals surface area contributed by atoms with E-state index in [9.17, 15) is 30.0 Å². The first-order chi connectivity index (χ1) is 26.3. The number of hydrogen-bond donors (Lipinski definition) is 6. The second kappa shape index (κ2) is 16.4. The molecule has 2 aliphatic carbocycles. The molecule has 7 rings (SSSR count). The number of halogens is 1. The van der Waals surface area contributed by atoms with E-state index in [-0.39, 0.29) is 62.1 Å². The summed E-state index contributed by atoms with van der Waals surface area (Å²) in [6.07, 6.45) is 0.0674. The Bertz CT molecular complexity index is 2080. The molecule has 4 aromatic rings. The average molecular weight is 889 g/mol. The van der Waals surface area contributed by atoms with Crippen molar-refractivity contribution in [2.24, 2.45) is 0 Å². The van der Waals surface area contributed by atoms with Gasteiger partial charge >= 0.3 is 12.2 Å². The van der Waals surface area contributed by atoms with E-state index in [0.717, 1.165) is 4.90 Å². The van der Waals surface area contributed by atoms with Gasteiger partial charge in [0.25, 0.3) is 0 Å². The van der Waals surface area contributed by atoms with Gasteiger partial charge in [-0.3, -0.25) is 4.98 Å². The van der Waals surface area contributed by atoms with Gasteiger partial charge in [0.2, 0.25) is 5.28 Å². The van der Waals surface area contributed by atoms with E-state index in [1.807, 2.05) is 4.90 Å². The molecule has 4 aromatic heterocycles. The Balaban J connectivity index is 0.00000549. The van der Waals surface area contributed by atoms with Gasteiger partial charge in [-0.15, -0.1) is 0 Å². The Morgan fingerprint density at radius 2 is 1.49 bits per heavy atom. The summed E-state index contributed by atoms with van der Waals surface area (Å²) in [5, 5.41) is 50.3. The van der Waals surface area contributed by atoms with Gasteiger partial charge in [0.15, 0.2) is 17.0 Å². The quantitative estimate of drug-likeness (QED) is 0.114. The Morgan fingerprint density at radius 1 is 0.877 bits per heavy atom. The van der Waals surface area contributed by atoms with Gasteiger partial charge in [0.05, 0.1) is 36.9 Å². The van der Waals surface area contributed by atoms with Crippen molar-refractivity contribution in [1.82, 2.24) is 49.3 Å². The van der Waals surface area contributed by atoms with Gasteiger partial charge in [-0.25, -0.2) is 19.5 Å². The molecule has 1 saturated heterocycles. The molecule has 5 heterocycles. The molecule has 57 heavy (non-hydrogen) atoms. The maximum atomic E-state index is 13.4. The molecule has 1 radical (unpaired) electrons. The number of carbonyl (C=O) groups is 2. The number of aromatic nitrogens is 8. The minimum absolute atomic E-state index is 0. The number of ether oxygens (including phenoxy) is 2. The number of carbonyl (C=O) groups excluding carboxylic acids is 2. The van der Waals surface area contributed by atoms with Crippen molar-refractivity contribution in [3.05, 3.63) is 24.1 Å². The predicted molar refractivity (Wildman–Crippen MR) is 201 cm³/mol. The van der Waals surface area contributed by atoms with E-state index >= 15 is 0 Å². The number of nitrogens with one attached hydrogen (secondary N) is 2. The van der Waals surface area contributed by atoms with Gasteiger partial charge in [0.1, 0.15) is 35.5 Å². The molecule has 20 nitrogen and oxygen atoms in total. The third-order valence-corrected chi connectivity index (χ3v) is 10.5. The SMILES string of the molecule is CN[C@H]1C[C@@H](n2cnc3[c-]nc(N4CC[C@H](Nc5nc(Cl)nc6c5ncn6[C@@H]5C[C@H](N(C(=O)OC(C)(C)C)C(=O)OC(C)(C)C)[C@H](O)[C@@H]5O)C4)nc32)[C@@H](O)[C@H]1O.[Y]. The van der Waals surface area contributed by atoms with Crippen LogP contribution in [0.3, 0.4) is 0 Å². The molecular weight excluding hydrogens is 841 g/mol. The van der Waals surface area contributed by atoms with Crippen LogP contribution in [-0.2, 0) is 42.2 Å². The number of anilines is 2. The first-order valence-electron chi connectivity index (χ1n) is 18.5. The number of rotatable bonds is 7. The number of aliphatic hydroxyl groups is 4. The summed E-state index contributed by atoms with van der Waals surface area (Å²) in [6, 6.07) is -2.96. The zero-order valence-electron chi connectivity index (χ0n) is 32.7. The Hall–Kier alpha value is -3.37. The summed E-state index contributed by atoms with van der Waals surface area (Å²) in [5.41, 5.74) is -0.373. The molecule has 0 aromatic carbocycles. The fourth-order valence-electron chi connectivity index (χ4n) is 7.69. The van der Waals surface area contributed by atoms with Crippen LogP contribution in [0.25, 0.3) is 22.3 Å². The van der Waals surface area contributed by atoms with Crippen LogP contribution in [0.1, 0.15) is 72.9 Å². The first-order valence-corrected chi connectivity index (χ1v) is 18.9. The van der Waals surface area contributed by atoms with Crippen LogP contribution in [0.4, 0.5) is 21.4 Å². The van der Waals surface area contributed by atoms with Crippen molar-refractivity contribution in [1.29, 1.82) is 0 Å². The predicted octanol–water partition coefficient (Wildman–Crippen LogP) is 1.57. The molecular formula is C35H48ClN12O8Y-. The van der Waals surface area contributed by atoms with Gasteiger partial charge < -0.3 is 64.5 Å². The van der Waals surface area contributed by atoms with Crippen LogP contribution >= 0.6 is 11.6 Å². The summed E-state index contributed by atoms with van der Waals surface area (Å²) in [4.78, 5) is 56.4. The maximum Gasteiger partial charge on any atom is 0.420 e. The van der Waals surface area contributed by atoms with Gasteiger partial charge in [-0.05, 0) is 85.7 Å². The Labute approximate surface area is 358 Å². The molecule has 9 atom stereocenters. The van der Waals surface area contributed by atoms with E-state index in [1.165, 1.54) is 6.33 Å². The number of hydrogen-bond acceptors (Lipinski definition) is 17. The molecule has 22 heteroatoms. The second-order valence-electron chi connectivity index (χ2n) is 16.6. The molecule has 3 aliphatic rings. The Morgan fingerprint density at radius 3 is 2.12 bits per heavy atom. The molecule has 2 saturated carbocycles. The standard InChI is InChI=1S/C35H48ClN12O8.Y/c1-34(2,3)55-32(53)48(33(54)56-35(4,5)6)21-11-20(25(51)26(21)52)47-15-40-22-27(42-30(36)43-29(22)47)41-16-8-9-45(13-16)31-38-12-18-28(44-31)46(14-39-18)19-10-17(37-7)23(49)24(19)50;/h14-17,19-21,23-26,37,49-52H,8-11,13H2,1-7H3,(H,41,42,43);/q-1;/t16-,17-,19+,20+,21-,23-,24+,25+,26-;/m0./s1. The summed E-state index contributed by atoms with van der Waals surface area (Å²) < 4.78 is 14.3. The van der Waals surface area contributed by atoms with Crippen LogP contribution in [0.2, 0.25) is 5.28 Å². The fourth-order valence-corrected chi connectivity index (χ4v) is 7.86. The molecule has 0 spiro atoms. The number of aliphatic hydroxyl groups excluding tert-OH is 4. The van der Waals surface area contributed by atoms with Crippen LogP contribution in [-0.4, -0.2) is 150 Å². The number of imidazole rings is 2. The topological polar surface area (TPSA) is 251 Å². The number of likely N-dealkylation sites (N-methyl/N-ethyl adjacent to an activating group) is 1. The van der Waals surface area contributed by atoms with Crippen molar-refractivity contribution in [2.75, 3.05) is 30.4 Å². The van der Waals surface area contributed by atoms with Crippen molar-refractivity contribution >= 4 is 57.9 Å². The van der Waals surface area contributed by atoms with E-state index in [0.29, 0.717) is 54.4 Å². The fraction of sp³-hybridized carbons (Fsp3) is 0.657. The Kier molecular flexibility index (Phi) is 12.4. The van der Waals surface area contributed by atoms with Gasteiger partial charge in [-0.1, -0.05) is 0 Å². The van der Waals surface area contributed by atoms with Gasteiger partial charge in [-0.2, -0.15) is 9.97 Å². The molecule has 6 N–H and O–H groups in total. The largest absolute Gasteiger partial charge is 0.443 e. The van der Waals surface area contributed by atoms with Gasteiger partial charge in [0, 0.05) is 69.0 Å². The summed E-state index contributed by atoms with van der Waals surface area (Å²) in [6.45, 7) is 11.0. The van der Waals surface area contributed by atoms with Crippen LogP contribution in [0.15, 0.2) is 12.7 Å². The van der Waals surface area contributed by atoms with E-state index in [1.54, 1.807) is 64.1 Å². The molecule has 0 unspecified atom stereocenters. The number of imide groups is 1. The zero-order chi connectivity index (χ0) is 40.4. The first kappa shape index (κ1) is 43.2. The average Bonchev–Trinajstić information content (AvgIpc) is 3.93. The molecule has 1 aliphatic heterocycles. The molecule has 3 fully saturated rings. The normalized spacial score (nSPS) is 27.9. The minimum Gasteiger partial charge on any atom is -0.443 e.